The lowest BCUT2D eigenvalue weighted by Crippen LogP contribution is -2.26. The molecule has 1 aliphatic carbocycles. The molecule has 2 bridgehead atoms. The van der Waals surface area contributed by atoms with Crippen molar-refractivity contribution in [1.82, 2.24) is 13.7 Å². The molecule has 10 rings (SSSR count). The van der Waals surface area contributed by atoms with Gasteiger partial charge in [-0.1, -0.05) is 54.6 Å². The Labute approximate surface area is 299 Å². The molecule has 0 spiro atoms. The first-order valence-corrected chi connectivity index (χ1v) is 17.7. The molecule has 2 aliphatic rings. The van der Waals surface area contributed by atoms with Crippen LogP contribution in [0.2, 0.25) is 0 Å². The first-order valence-electron chi connectivity index (χ1n) is 17.7. The molecule has 3 atom stereocenters. The van der Waals surface area contributed by atoms with Gasteiger partial charge in [-0.25, -0.2) is 0 Å². The van der Waals surface area contributed by atoms with Crippen molar-refractivity contribution in [1.29, 1.82) is 0 Å². The second kappa shape index (κ2) is 11.5. The molecule has 0 saturated heterocycles. The van der Waals surface area contributed by atoms with Crippen LogP contribution in [0.5, 0.6) is 23.1 Å². The van der Waals surface area contributed by atoms with Crippen LogP contribution >= 0.6 is 0 Å². The van der Waals surface area contributed by atoms with Crippen LogP contribution in [0.4, 0.5) is 0 Å². The van der Waals surface area contributed by atoms with Crippen molar-refractivity contribution < 1.29 is 28.8 Å². The van der Waals surface area contributed by atoms with Crippen molar-refractivity contribution in [2.45, 2.75) is 44.0 Å². The number of carbonyl (C=O) groups is 1. The van der Waals surface area contributed by atoms with E-state index in [9.17, 15) is 9.90 Å². The van der Waals surface area contributed by atoms with Crippen LogP contribution in [0.15, 0.2) is 97.2 Å². The third-order valence-corrected chi connectivity index (χ3v) is 11.3. The van der Waals surface area contributed by atoms with Gasteiger partial charge >= 0.3 is 5.97 Å². The van der Waals surface area contributed by atoms with Gasteiger partial charge in [0.1, 0.15) is 11.9 Å². The highest BCUT2D eigenvalue weighted by atomic mass is 16.5. The third-order valence-electron chi connectivity index (χ3n) is 11.3. The predicted octanol–water partition coefficient (Wildman–Crippen LogP) is 8.68. The lowest BCUT2D eigenvalue weighted by molar-refractivity contribution is -0.149. The highest BCUT2D eigenvalue weighted by molar-refractivity contribution is 6.37. The van der Waals surface area contributed by atoms with Gasteiger partial charge in [-0.15, -0.1) is 0 Å². The normalized spacial score (nSPS) is 17.9. The van der Waals surface area contributed by atoms with Crippen molar-refractivity contribution in [2.24, 2.45) is 0 Å². The van der Waals surface area contributed by atoms with Crippen LogP contribution in [-0.2, 0) is 22.5 Å². The number of rotatable bonds is 8. The van der Waals surface area contributed by atoms with Gasteiger partial charge in [-0.3, -0.25) is 4.79 Å². The minimum Gasteiger partial charge on any atom is -0.497 e. The summed E-state index contributed by atoms with van der Waals surface area (Å²) in [7, 11) is 4.85. The van der Waals surface area contributed by atoms with Crippen molar-refractivity contribution in [3.8, 4) is 23.1 Å². The molecule has 8 aromatic rings. The van der Waals surface area contributed by atoms with Crippen LogP contribution in [-0.4, -0.2) is 52.2 Å². The summed E-state index contributed by atoms with van der Waals surface area (Å²) in [5, 5.41) is 18.4. The van der Waals surface area contributed by atoms with Gasteiger partial charge in [-0.2, -0.15) is 0 Å². The van der Waals surface area contributed by atoms with Crippen LogP contribution in [0.3, 0.4) is 0 Å². The fraction of sp³-hybridized carbons (Fsp3) is 0.233. The Kier molecular flexibility index (Phi) is 6.77. The van der Waals surface area contributed by atoms with Crippen LogP contribution in [0.1, 0.15) is 36.1 Å². The van der Waals surface area contributed by atoms with Crippen LogP contribution in [0, 0.1) is 0 Å². The molecule has 1 fully saturated rings. The summed E-state index contributed by atoms with van der Waals surface area (Å²) < 4.78 is 29.6. The maximum Gasteiger partial charge on any atom is 0.310 e. The Hall–Kier alpha value is -6.09. The van der Waals surface area contributed by atoms with Crippen LogP contribution < -0.4 is 14.2 Å². The van der Waals surface area contributed by atoms with E-state index >= 15 is 0 Å². The van der Waals surface area contributed by atoms with Crippen LogP contribution in [0.25, 0.3) is 54.4 Å². The first kappa shape index (κ1) is 30.7. The SMILES string of the molecule is COc1ccc(Cn2cc3c(c2O)c2c4ccccc4n4c2c2c3c3ccccc3n2[C@@H]2C[C@H]4C[C@H]2OC(=O)Cc2ccc(OC)c(OC)c2)cc1. The molecule has 3 aromatic heterocycles. The van der Waals surface area contributed by atoms with Gasteiger partial charge < -0.3 is 37.8 Å². The van der Waals surface area contributed by atoms with Gasteiger partial charge in [0, 0.05) is 56.6 Å². The van der Waals surface area contributed by atoms with E-state index in [1.165, 1.54) is 0 Å². The molecule has 1 N–H and O–H groups in total. The molecule has 9 nitrogen and oxygen atoms in total. The molecule has 5 aromatic carbocycles. The van der Waals surface area contributed by atoms with Gasteiger partial charge in [0.05, 0.1) is 56.8 Å². The van der Waals surface area contributed by atoms with Gasteiger partial charge in [-0.05, 0) is 53.9 Å². The van der Waals surface area contributed by atoms with E-state index in [1.807, 2.05) is 47.0 Å². The van der Waals surface area contributed by atoms with E-state index in [1.54, 1.807) is 21.3 Å². The van der Waals surface area contributed by atoms with E-state index < -0.39 is 0 Å². The largest absolute Gasteiger partial charge is 0.497 e. The standard InChI is InChI=1S/C43H37N3O6/c1-49-27-15-12-24(13-16-27)22-44-23-30-38-28-8-4-7-11-32(28)46-33-20-26(21-35(33)52-37(47)19-25-14-17-34(50-2)36(18-25)51-3)45-31-10-6-5-9-29(31)39(40(30)43(44)48)42(45)41(38)46/h4-18,23,26,33,35,48H,19-22H2,1-3H3/t26-,33+,35+/m0/s1. The number of ether oxygens (including phenoxy) is 4. The van der Waals surface area contributed by atoms with E-state index in [0.717, 1.165) is 77.7 Å². The minimum atomic E-state index is -0.329. The molecule has 4 heterocycles. The van der Waals surface area contributed by atoms with Crippen molar-refractivity contribution in [3.63, 3.8) is 0 Å². The summed E-state index contributed by atoms with van der Waals surface area (Å²) in [6, 6.07) is 30.5. The summed E-state index contributed by atoms with van der Waals surface area (Å²) in [5.41, 5.74) is 6.33. The number of nitrogens with zero attached hydrogens (tertiary/aromatic N) is 3. The maximum absolute atomic E-state index is 13.7. The molecular formula is C43H37N3O6. The Morgan fingerprint density at radius 1 is 0.712 bits per heavy atom. The number of esters is 1. The van der Waals surface area contributed by atoms with E-state index in [2.05, 4.69) is 63.9 Å². The number of methoxy groups -OCH3 is 3. The van der Waals surface area contributed by atoms with E-state index in [0.29, 0.717) is 24.5 Å². The molecule has 9 heteroatoms. The summed E-state index contributed by atoms with van der Waals surface area (Å²) in [6.45, 7) is 0.508. The number of hydrogen-bond acceptors (Lipinski definition) is 6. The molecule has 1 aliphatic heterocycles. The zero-order chi connectivity index (χ0) is 35.2. The molecule has 0 unspecified atom stereocenters. The molecule has 1 saturated carbocycles. The number of aromatic hydroxyl groups is 1. The number of benzene rings is 5. The Bertz CT molecular complexity index is 2740. The summed E-state index contributed by atoms with van der Waals surface area (Å²) in [5.74, 6) is 1.98. The van der Waals surface area contributed by atoms with Crippen molar-refractivity contribution in [2.75, 3.05) is 21.3 Å². The molecular weight excluding hydrogens is 654 g/mol. The second-order valence-corrected chi connectivity index (χ2v) is 14.0. The van der Waals surface area contributed by atoms with Gasteiger partial charge in [0.2, 0.25) is 0 Å². The number of fused-ring (bicyclic) bond motifs is 13. The number of aromatic nitrogens is 3. The number of para-hydroxylation sites is 2. The van der Waals surface area contributed by atoms with Gasteiger partial charge in [0.25, 0.3) is 0 Å². The Balaban J connectivity index is 1.17. The van der Waals surface area contributed by atoms with Crippen molar-refractivity contribution in [3.05, 3.63) is 108 Å². The monoisotopic (exact) mass is 691 g/mol. The average molecular weight is 692 g/mol. The lowest BCUT2D eigenvalue weighted by Gasteiger charge is -2.24. The summed E-state index contributed by atoms with van der Waals surface area (Å²) >= 11 is 0. The second-order valence-electron chi connectivity index (χ2n) is 14.0. The number of hydrogen-bond donors (Lipinski definition) is 1. The fourth-order valence-corrected chi connectivity index (χ4v) is 9.20. The highest BCUT2D eigenvalue weighted by Gasteiger charge is 2.44. The van der Waals surface area contributed by atoms with Crippen molar-refractivity contribution >= 4 is 60.4 Å². The van der Waals surface area contributed by atoms with Gasteiger partial charge in [0.15, 0.2) is 17.4 Å². The number of carbonyl (C=O) groups excluding carboxylic acids is 1. The maximum atomic E-state index is 13.7. The van der Waals surface area contributed by atoms with E-state index in [-0.39, 0.29) is 36.5 Å². The highest BCUT2D eigenvalue weighted by Crippen LogP contribution is 2.55. The third kappa shape index (κ3) is 4.31. The first-order chi connectivity index (χ1) is 25.5. The smallest absolute Gasteiger partial charge is 0.310 e. The molecule has 0 amide bonds. The Morgan fingerprint density at radius 2 is 1.38 bits per heavy atom. The van der Waals surface area contributed by atoms with E-state index in [4.69, 9.17) is 18.9 Å². The fourth-order valence-electron chi connectivity index (χ4n) is 9.20. The zero-order valence-corrected chi connectivity index (χ0v) is 29.1. The Morgan fingerprint density at radius 3 is 2.12 bits per heavy atom. The molecule has 52 heavy (non-hydrogen) atoms. The molecule has 0 radical (unpaired) electrons. The minimum absolute atomic E-state index is 0.0731. The lowest BCUT2D eigenvalue weighted by atomic mass is 10.0. The summed E-state index contributed by atoms with van der Waals surface area (Å²) in [4.78, 5) is 13.7. The zero-order valence-electron chi connectivity index (χ0n) is 29.1. The molecule has 260 valence electrons. The average Bonchev–Trinajstić information content (AvgIpc) is 3.88. The quantitative estimate of drug-likeness (QED) is 0.161. The summed E-state index contributed by atoms with van der Waals surface area (Å²) in [6.07, 6.45) is 3.41. The topological polar surface area (TPSA) is 89.0 Å². The predicted molar refractivity (Wildman–Crippen MR) is 202 cm³/mol.